The Morgan fingerprint density at radius 1 is 0.880 bits per heavy atom. The molecular formula is C20H18N2O2S. The number of carbonyl (C=O) groups is 2. The number of hydrogen-bond donors (Lipinski definition) is 2. The van der Waals surface area contributed by atoms with E-state index in [1.807, 2.05) is 48.7 Å². The Bertz CT molecular complexity index is 843. The highest BCUT2D eigenvalue weighted by atomic mass is 32.1. The molecule has 1 atom stereocenters. The van der Waals surface area contributed by atoms with Gasteiger partial charge in [-0.2, -0.15) is 0 Å². The van der Waals surface area contributed by atoms with Gasteiger partial charge in [0.2, 0.25) is 0 Å². The van der Waals surface area contributed by atoms with E-state index in [9.17, 15) is 9.59 Å². The SMILES string of the molecule is CC(NC(=O)c1ccc(NC(=O)c2cccs2)cc1)c1ccccc1. The summed E-state index contributed by atoms with van der Waals surface area (Å²) in [5, 5.41) is 7.64. The first-order valence-electron chi connectivity index (χ1n) is 7.94. The van der Waals surface area contributed by atoms with E-state index in [0.717, 1.165) is 5.56 Å². The molecule has 5 heteroatoms. The molecule has 1 unspecified atom stereocenters. The molecule has 4 nitrogen and oxygen atoms in total. The van der Waals surface area contributed by atoms with Crippen molar-refractivity contribution in [2.24, 2.45) is 0 Å². The number of benzene rings is 2. The van der Waals surface area contributed by atoms with Crippen molar-refractivity contribution < 1.29 is 9.59 Å². The predicted molar refractivity (Wildman–Crippen MR) is 101 cm³/mol. The standard InChI is InChI=1S/C20H18N2O2S/c1-14(15-6-3-2-4-7-15)21-19(23)16-9-11-17(12-10-16)22-20(24)18-8-5-13-25-18/h2-14H,1H3,(H,21,23)(H,22,24). The molecule has 2 amide bonds. The molecule has 0 fully saturated rings. The van der Waals surface area contributed by atoms with Gasteiger partial charge in [-0.3, -0.25) is 9.59 Å². The van der Waals surface area contributed by atoms with Crippen LogP contribution in [-0.2, 0) is 0 Å². The molecule has 0 aliphatic carbocycles. The van der Waals surface area contributed by atoms with E-state index in [4.69, 9.17) is 0 Å². The first kappa shape index (κ1) is 16.9. The summed E-state index contributed by atoms with van der Waals surface area (Å²) in [7, 11) is 0. The second-order valence-electron chi connectivity index (χ2n) is 5.61. The summed E-state index contributed by atoms with van der Waals surface area (Å²) >= 11 is 1.39. The maximum Gasteiger partial charge on any atom is 0.265 e. The Morgan fingerprint density at radius 2 is 1.60 bits per heavy atom. The molecule has 1 aromatic heterocycles. The van der Waals surface area contributed by atoms with Gasteiger partial charge in [0.15, 0.2) is 0 Å². The molecule has 0 saturated heterocycles. The number of hydrogen-bond acceptors (Lipinski definition) is 3. The Kier molecular flexibility index (Phi) is 5.26. The van der Waals surface area contributed by atoms with Crippen molar-refractivity contribution >= 4 is 28.8 Å². The molecule has 25 heavy (non-hydrogen) atoms. The zero-order valence-corrected chi connectivity index (χ0v) is 14.5. The topological polar surface area (TPSA) is 58.2 Å². The van der Waals surface area contributed by atoms with Gasteiger partial charge in [-0.1, -0.05) is 36.4 Å². The van der Waals surface area contributed by atoms with Gasteiger partial charge >= 0.3 is 0 Å². The lowest BCUT2D eigenvalue weighted by Crippen LogP contribution is -2.26. The molecule has 0 radical (unpaired) electrons. The number of amides is 2. The van der Waals surface area contributed by atoms with Crippen molar-refractivity contribution in [2.75, 3.05) is 5.32 Å². The van der Waals surface area contributed by atoms with Gasteiger partial charge in [-0.25, -0.2) is 0 Å². The van der Waals surface area contributed by atoms with Crippen LogP contribution in [0.4, 0.5) is 5.69 Å². The van der Waals surface area contributed by atoms with Crippen LogP contribution in [-0.4, -0.2) is 11.8 Å². The zero-order chi connectivity index (χ0) is 17.6. The number of nitrogens with one attached hydrogen (secondary N) is 2. The second-order valence-corrected chi connectivity index (χ2v) is 6.56. The van der Waals surface area contributed by atoms with E-state index in [1.54, 1.807) is 30.3 Å². The Morgan fingerprint density at radius 3 is 2.24 bits per heavy atom. The van der Waals surface area contributed by atoms with Crippen molar-refractivity contribution in [3.63, 3.8) is 0 Å². The van der Waals surface area contributed by atoms with Gasteiger partial charge in [-0.05, 0) is 48.2 Å². The largest absolute Gasteiger partial charge is 0.346 e. The third-order valence-corrected chi connectivity index (χ3v) is 4.67. The monoisotopic (exact) mass is 350 g/mol. The third-order valence-electron chi connectivity index (χ3n) is 3.80. The van der Waals surface area contributed by atoms with Crippen LogP contribution in [0.5, 0.6) is 0 Å². The van der Waals surface area contributed by atoms with Crippen molar-refractivity contribution in [1.29, 1.82) is 0 Å². The van der Waals surface area contributed by atoms with E-state index in [-0.39, 0.29) is 17.9 Å². The molecule has 0 spiro atoms. The highest BCUT2D eigenvalue weighted by Crippen LogP contribution is 2.16. The maximum absolute atomic E-state index is 12.4. The quantitative estimate of drug-likeness (QED) is 0.712. The third kappa shape index (κ3) is 4.33. The van der Waals surface area contributed by atoms with Gasteiger partial charge < -0.3 is 10.6 Å². The van der Waals surface area contributed by atoms with Crippen LogP contribution in [0.25, 0.3) is 0 Å². The number of carbonyl (C=O) groups excluding carboxylic acids is 2. The number of rotatable bonds is 5. The summed E-state index contributed by atoms with van der Waals surface area (Å²) < 4.78 is 0. The molecule has 0 bridgehead atoms. The molecule has 3 rings (SSSR count). The normalized spacial score (nSPS) is 11.6. The summed E-state index contributed by atoms with van der Waals surface area (Å²) in [6, 6.07) is 20.2. The number of thiophene rings is 1. The van der Waals surface area contributed by atoms with Gasteiger partial charge in [-0.15, -0.1) is 11.3 Å². The van der Waals surface area contributed by atoms with Crippen molar-refractivity contribution in [3.8, 4) is 0 Å². The molecule has 2 N–H and O–H groups in total. The highest BCUT2D eigenvalue weighted by Gasteiger charge is 2.12. The van der Waals surface area contributed by atoms with Crippen molar-refractivity contribution in [3.05, 3.63) is 88.1 Å². The smallest absolute Gasteiger partial charge is 0.265 e. The van der Waals surface area contributed by atoms with E-state index >= 15 is 0 Å². The lowest BCUT2D eigenvalue weighted by Gasteiger charge is -2.14. The minimum atomic E-state index is -0.148. The van der Waals surface area contributed by atoms with E-state index < -0.39 is 0 Å². The summed E-state index contributed by atoms with van der Waals surface area (Å²) in [5.41, 5.74) is 2.26. The first-order chi connectivity index (χ1) is 12.1. The lowest BCUT2D eigenvalue weighted by atomic mass is 10.1. The zero-order valence-electron chi connectivity index (χ0n) is 13.7. The average molecular weight is 350 g/mol. The molecular weight excluding hydrogens is 332 g/mol. The van der Waals surface area contributed by atoms with Gasteiger partial charge in [0.1, 0.15) is 0 Å². The lowest BCUT2D eigenvalue weighted by molar-refractivity contribution is 0.0939. The molecule has 0 aliphatic heterocycles. The van der Waals surface area contributed by atoms with Crippen LogP contribution >= 0.6 is 11.3 Å². The molecule has 0 aliphatic rings. The summed E-state index contributed by atoms with van der Waals surface area (Å²) in [6.45, 7) is 1.95. The predicted octanol–water partition coefficient (Wildman–Crippen LogP) is 4.49. The first-order valence-corrected chi connectivity index (χ1v) is 8.82. The minimum Gasteiger partial charge on any atom is -0.346 e. The maximum atomic E-state index is 12.4. The Balaban J connectivity index is 1.61. The average Bonchev–Trinajstić information content (AvgIpc) is 3.18. The van der Waals surface area contributed by atoms with E-state index in [0.29, 0.717) is 16.1 Å². The van der Waals surface area contributed by atoms with Crippen LogP contribution in [0.15, 0.2) is 72.1 Å². The van der Waals surface area contributed by atoms with Gasteiger partial charge in [0, 0.05) is 11.3 Å². The van der Waals surface area contributed by atoms with Crippen LogP contribution in [0.2, 0.25) is 0 Å². The summed E-state index contributed by atoms with van der Waals surface area (Å²) in [6.07, 6.45) is 0. The summed E-state index contributed by atoms with van der Waals surface area (Å²) in [5.74, 6) is -0.294. The van der Waals surface area contributed by atoms with E-state index in [2.05, 4.69) is 10.6 Å². The molecule has 2 aromatic carbocycles. The van der Waals surface area contributed by atoms with Gasteiger partial charge in [0.25, 0.3) is 11.8 Å². The van der Waals surface area contributed by atoms with Crippen molar-refractivity contribution in [1.82, 2.24) is 5.32 Å². The molecule has 0 saturated carbocycles. The Hall–Kier alpha value is -2.92. The van der Waals surface area contributed by atoms with Crippen LogP contribution in [0.3, 0.4) is 0 Å². The molecule has 126 valence electrons. The van der Waals surface area contributed by atoms with E-state index in [1.165, 1.54) is 11.3 Å². The van der Waals surface area contributed by atoms with Crippen LogP contribution in [0.1, 0.15) is 38.6 Å². The number of anilines is 1. The molecule has 1 heterocycles. The molecule has 3 aromatic rings. The Labute approximate surface area is 150 Å². The fraction of sp³-hybridized carbons (Fsp3) is 0.100. The van der Waals surface area contributed by atoms with Gasteiger partial charge in [0.05, 0.1) is 10.9 Å². The van der Waals surface area contributed by atoms with Crippen LogP contribution < -0.4 is 10.6 Å². The summed E-state index contributed by atoms with van der Waals surface area (Å²) in [4.78, 5) is 25.0. The minimum absolute atomic E-state index is 0.0769. The second kappa shape index (κ2) is 7.77. The van der Waals surface area contributed by atoms with Crippen LogP contribution in [0, 0.1) is 0 Å². The fourth-order valence-electron chi connectivity index (χ4n) is 2.41. The highest BCUT2D eigenvalue weighted by molar-refractivity contribution is 7.12. The van der Waals surface area contributed by atoms with Crippen molar-refractivity contribution in [2.45, 2.75) is 13.0 Å². The fourth-order valence-corrected chi connectivity index (χ4v) is 3.03.